The molecule has 0 N–H and O–H groups in total. The summed E-state index contributed by atoms with van der Waals surface area (Å²) in [4.78, 5) is 16.9. The van der Waals surface area contributed by atoms with Crippen molar-refractivity contribution in [3.63, 3.8) is 0 Å². The molecule has 0 unspecified atom stereocenters. The number of amides is 1. The highest BCUT2D eigenvalue weighted by molar-refractivity contribution is 7.16. The molecule has 0 saturated carbocycles. The Balaban J connectivity index is 2.31. The number of rotatable bonds is 6. The van der Waals surface area contributed by atoms with Crippen LogP contribution in [0.2, 0.25) is 0 Å². The highest BCUT2D eigenvalue weighted by Gasteiger charge is 2.06. The van der Waals surface area contributed by atoms with Gasteiger partial charge in [0.2, 0.25) is 5.91 Å². The van der Waals surface area contributed by atoms with Crippen molar-refractivity contribution in [2.75, 3.05) is 0 Å². The van der Waals surface area contributed by atoms with Gasteiger partial charge in [-0.3, -0.25) is 4.79 Å². The Morgan fingerprint density at radius 3 is 2.71 bits per heavy atom. The summed E-state index contributed by atoms with van der Waals surface area (Å²) in [5, 5.41) is 0. The van der Waals surface area contributed by atoms with Crippen LogP contribution in [0.1, 0.15) is 51.5 Å². The molecule has 0 aliphatic rings. The van der Waals surface area contributed by atoms with Crippen molar-refractivity contribution in [1.29, 1.82) is 0 Å². The Morgan fingerprint density at radius 1 is 1.24 bits per heavy atom. The molecule has 21 heavy (non-hydrogen) atoms. The number of aromatic nitrogens is 1. The first-order valence-corrected chi connectivity index (χ1v) is 8.63. The molecule has 1 aromatic heterocycles. The van der Waals surface area contributed by atoms with Crippen LogP contribution in [0.4, 0.5) is 0 Å². The van der Waals surface area contributed by atoms with E-state index in [1.807, 2.05) is 11.6 Å². The van der Waals surface area contributed by atoms with Gasteiger partial charge in [-0.25, -0.2) is 0 Å². The number of fused-ring (bicyclic) bond motifs is 1. The van der Waals surface area contributed by atoms with Crippen molar-refractivity contribution in [2.45, 2.75) is 52.4 Å². The quantitative estimate of drug-likeness (QED) is 0.787. The standard InChI is InChI=1S/C17H24N2OS/c1-4-6-8-13-10-11-14-15(12-13)21-17(19(14)3)18-16(20)9-7-5-2/h10-12H,4-9H2,1-3H3. The van der Waals surface area contributed by atoms with E-state index in [1.165, 1.54) is 23.1 Å². The molecule has 3 nitrogen and oxygen atoms in total. The van der Waals surface area contributed by atoms with Crippen LogP contribution in [0.5, 0.6) is 0 Å². The summed E-state index contributed by atoms with van der Waals surface area (Å²) in [5.41, 5.74) is 2.53. The summed E-state index contributed by atoms with van der Waals surface area (Å²) in [6, 6.07) is 6.57. The van der Waals surface area contributed by atoms with Gasteiger partial charge in [0.15, 0.2) is 4.80 Å². The lowest BCUT2D eigenvalue weighted by Gasteiger charge is -2.00. The highest BCUT2D eigenvalue weighted by Crippen LogP contribution is 2.19. The molecule has 1 aromatic carbocycles. The lowest BCUT2D eigenvalue weighted by Crippen LogP contribution is -2.13. The molecular weight excluding hydrogens is 280 g/mol. The van der Waals surface area contributed by atoms with Crippen LogP contribution < -0.4 is 4.80 Å². The number of hydrogen-bond donors (Lipinski definition) is 0. The van der Waals surface area contributed by atoms with E-state index in [2.05, 4.69) is 37.0 Å². The third-order valence-corrected chi connectivity index (χ3v) is 4.75. The van der Waals surface area contributed by atoms with Crippen LogP contribution in [0, 0.1) is 0 Å². The Kier molecular flexibility index (Phi) is 5.74. The average molecular weight is 304 g/mol. The molecule has 2 aromatic rings. The maximum Gasteiger partial charge on any atom is 0.248 e. The van der Waals surface area contributed by atoms with E-state index < -0.39 is 0 Å². The minimum atomic E-state index is -0.00906. The van der Waals surface area contributed by atoms with Crippen LogP contribution in [0.25, 0.3) is 10.2 Å². The number of hydrogen-bond acceptors (Lipinski definition) is 2. The number of thiazole rings is 1. The van der Waals surface area contributed by atoms with E-state index in [1.54, 1.807) is 11.3 Å². The number of carbonyl (C=O) groups is 1. The lowest BCUT2D eigenvalue weighted by atomic mass is 10.1. The SMILES string of the molecule is CCCCC(=O)N=c1sc2cc(CCCC)ccc2n1C. The van der Waals surface area contributed by atoms with Gasteiger partial charge in [0.1, 0.15) is 0 Å². The van der Waals surface area contributed by atoms with E-state index in [4.69, 9.17) is 0 Å². The molecule has 0 aliphatic heterocycles. The van der Waals surface area contributed by atoms with E-state index in [-0.39, 0.29) is 5.91 Å². The zero-order valence-corrected chi connectivity index (χ0v) is 14.0. The molecule has 0 radical (unpaired) electrons. The van der Waals surface area contributed by atoms with Crippen LogP contribution in [0.3, 0.4) is 0 Å². The van der Waals surface area contributed by atoms with Gasteiger partial charge in [-0.1, -0.05) is 44.1 Å². The van der Waals surface area contributed by atoms with Gasteiger partial charge in [0.05, 0.1) is 10.2 Å². The fraction of sp³-hybridized carbons (Fsp3) is 0.529. The van der Waals surface area contributed by atoms with Gasteiger partial charge >= 0.3 is 0 Å². The summed E-state index contributed by atoms with van der Waals surface area (Å²) >= 11 is 1.61. The first-order chi connectivity index (χ1) is 10.2. The summed E-state index contributed by atoms with van der Waals surface area (Å²) in [5.74, 6) is -0.00906. The average Bonchev–Trinajstić information content (AvgIpc) is 2.79. The molecule has 4 heteroatoms. The maximum absolute atomic E-state index is 11.8. The molecule has 2 rings (SSSR count). The molecule has 1 heterocycles. The van der Waals surface area contributed by atoms with Crippen LogP contribution in [0.15, 0.2) is 23.2 Å². The van der Waals surface area contributed by atoms with E-state index in [0.717, 1.165) is 29.6 Å². The highest BCUT2D eigenvalue weighted by atomic mass is 32.1. The van der Waals surface area contributed by atoms with Crippen LogP contribution in [-0.4, -0.2) is 10.5 Å². The third-order valence-electron chi connectivity index (χ3n) is 3.66. The molecule has 0 fully saturated rings. The lowest BCUT2D eigenvalue weighted by molar-refractivity contribution is -0.118. The smallest absolute Gasteiger partial charge is 0.248 e. The Morgan fingerprint density at radius 2 is 2.00 bits per heavy atom. The van der Waals surface area contributed by atoms with Gasteiger partial charge in [0.25, 0.3) is 0 Å². The normalized spacial score (nSPS) is 12.2. The fourth-order valence-electron chi connectivity index (χ4n) is 2.31. The second kappa shape index (κ2) is 7.55. The van der Waals surface area contributed by atoms with E-state index in [9.17, 15) is 4.79 Å². The number of benzene rings is 1. The minimum absolute atomic E-state index is 0.00906. The van der Waals surface area contributed by atoms with Gasteiger partial charge in [-0.15, -0.1) is 0 Å². The van der Waals surface area contributed by atoms with Crippen molar-refractivity contribution in [3.8, 4) is 0 Å². The Bertz CT molecular complexity index is 682. The molecule has 0 atom stereocenters. The monoisotopic (exact) mass is 304 g/mol. The maximum atomic E-state index is 11.8. The molecule has 0 aliphatic carbocycles. The number of unbranched alkanes of at least 4 members (excludes halogenated alkanes) is 2. The topological polar surface area (TPSA) is 34.4 Å². The van der Waals surface area contributed by atoms with Gasteiger partial charge < -0.3 is 4.57 Å². The summed E-state index contributed by atoms with van der Waals surface area (Å²) in [6.07, 6.45) is 6.04. The number of nitrogens with zero attached hydrogens (tertiary/aromatic N) is 2. The zero-order valence-electron chi connectivity index (χ0n) is 13.2. The fourth-order valence-corrected chi connectivity index (χ4v) is 3.41. The van der Waals surface area contributed by atoms with Crippen molar-refractivity contribution in [3.05, 3.63) is 28.6 Å². The zero-order chi connectivity index (χ0) is 15.2. The van der Waals surface area contributed by atoms with Crippen molar-refractivity contribution < 1.29 is 4.79 Å². The van der Waals surface area contributed by atoms with Crippen molar-refractivity contribution >= 4 is 27.5 Å². The van der Waals surface area contributed by atoms with Crippen molar-refractivity contribution in [2.24, 2.45) is 12.0 Å². The third kappa shape index (κ3) is 4.03. The van der Waals surface area contributed by atoms with Crippen molar-refractivity contribution in [1.82, 2.24) is 4.57 Å². The first-order valence-electron chi connectivity index (χ1n) is 7.81. The summed E-state index contributed by atoms with van der Waals surface area (Å²) in [6.45, 7) is 4.30. The van der Waals surface area contributed by atoms with Gasteiger partial charge in [-0.2, -0.15) is 4.99 Å². The van der Waals surface area contributed by atoms with Crippen LogP contribution in [-0.2, 0) is 18.3 Å². The summed E-state index contributed by atoms with van der Waals surface area (Å²) in [7, 11) is 1.98. The number of aryl methyl sites for hydroxylation is 2. The van der Waals surface area contributed by atoms with Gasteiger partial charge in [0, 0.05) is 13.5 Å². The molecular formula is C17H24N2OS. The number of carbonyl (C=O) groups excluding carboxylic acids is 1. The van der Waals surface area contributed by atoms with Gasteiger partial charge in [-0.05, 0) is 37.0 Å². The van der Waals surface area contributed by atoms with E-state index >= 15 is 0 Å². The molecule has 0 bridgehead atoms. The minimum Gasteiger partial charge on any atom is -0.319 e. The molecule has 114 valence electrons. The second-order valence-corrected chi connectivity index (χ2v) is 6.47. The first kappa shape index (κ1) is 16.0. The predicted molar refractivity (Wildman–Crippen MR) is 89.5 cm³/mol. The van der Waals surface area contributed by atoms with Crippen LogP contribution >= 0.6 is 11.3 Å². The Labute approximate surface area is 130 Å². The molecule has 0 saturated heterocycles. The molecule has 0 spiro atoms. The van der Waals surface area contributed by atoms with E-state index in [0.29, 0.717) is 6.42 Å². The predicted octanol–water partition coefficient (Wildman–Crippen LogP) is 4.20. The summed E-state index contributed by atoms with van der Waals surface area (Å²) < 4.78 is 3.24. The second-order valence-electron chi connectivity index (χ2n) is 5.46. The Hall–Kier alpha value is -1.42. The largest absolute Gasteiger partial charge is 0.319 e. The molecule has 1 amide bonds.